The lowest BCUT2D eigenvalue weighted by atomic mass is 10.1. The minimum absolute atomic E-state index is 0.0918. The maximum absolute atomic E-state index is 7.38. The van der Waals surface area contributed by atoms with Crippen molar-refractivity contribution in [2.45, 2.75) is 39.9 Å². The molecule has 0 bridgehead atoms. The highest BCUT2D eigenvalue weighted by Gasteiger charge is 2.09. The lowest BCUT2D eigenvalue weighted by Gasteiger charge is -2.19. The highest BCUT2D eigenvalue weighted by Crippen LogP contribution is 2.12. The molecule has 4 nitrogen and oxygen atoms in total. The van der Waals surface area contributed by atoms with Crippen LogP contribution in [0.2, 0.25) is 0 Å². The molecule has 106 valence electrons. The van der Waals surface area contributed by atoms with Crippen LogP contribution in [0.4, 0.5) is 0 Å². The van der Waals surface area contributed by atoms with Gasteiger partial charge in [-0.1, -0.05) is 12.1 Å². The molecule has 0 saturated carbocycles. The number of hydrogen-bond donors (Lipinski definition) is 2. The first-order chi connectivity index (χ1) is 8.79. The monoisotopic (exact) mass is 264 g/mol. The lowest BCUT2D eigenvalue weighted by Crippen LogP contribution is -2.21. The van der Waals surface area contributed by atoms with Crippen LogP contribution in [0.25, 0.3) is 0 Å². The molecule has 0 spiro atoms. The maximum atomic E-state index is 7.38. The van der Waals surface area contributed by atoms with Gasteiger partial charge in [0.15, 0.2) is 0 Å². The molecule has 1 rings (SSSR count). The van der Waals surface area contributed by atoms with Gasteiger partial charge in [-0.15, -0.1) is 0 Å². The van der Waals surface area contributed by atoms with Crippen molar-refractivity contribution in [2.24, 2.45) is 5.73 Å². The van der Waals surface area contributed by atoms with Gasteiger partial charge in [-0.2, -0.15) is 0 Å². The van der Waals surface area contributed by atoms with Crippen LogP contribution in [0.3, 0.4) is 0 Å². The molecule has 19 heavy (non-hydrogen) atoms. The fourth-order valence-corrected chi connectivity index (χ4v) is 1.61. The van der Waals surface area contributed by atoms with Crippen molar-refractivity contribution in [1.29, 1.82) is 5.41 Å². The normalized spacial score (nSPS) is 11.6. The number of hydrogen-bond acceptors (Lipinski definition) is 3. The average Bonchev–Trinajstić information content (AvgIpc) is 2.28. The number of nitrogens with one attached hydrogen (secondary N) is 1. The predicted molar refractivity (Wildman–Crippen MR) is 77.6 cm³/mol. The van der Waals surface area contributed by atoms with Crippen molar-refractivity contribution in [3.05, 3.63) is 34.9 Å². The molecule has 0 fully saturated rings. The Morgan fingerprint density at radius 2 is 1.95 bits per heavy atom. The number of ether oxygens (including phenoxy) is 2. The number of nitrogens with two attached hydrogens (primary N) is 1. The van der Waals surface area contributed by atoms with Gasteiger partial charge in [0.2, 0.25) is 0 Å². The first-order valence-corrected chi connectivity index (χ1v) is 6.45. The van der Waals surface area contributed by atoms with Gasteiger partial charge < -0.3 is 15.2 Å². The van der Waals surface area contributed by atoms with E-state index in [9.17, 15) is 0 Å². The van der Waals surface area contributed by atoms with E-state index < -0.39 is 0 Å². The van der Waals surface area contributed by atoms with Crippen LogP contribution < -0.4 is 5.73 Å². The predicted octanol–water partition coefficient (Wildman–Crippen LogP) is 2.61. The molecule has 0 aliphatic rings. The summed E-state index contributed by atoms with van der Waals surface area (Å²) in [4.78, 5) is 0. The van der Waals surface area contributed by atoms with Gasteiger partial charge in [-0.3, -0.25) is 5.41 Å². The second kappa shape index (κ2) is 6.68. The molecule has 0 radical (unpaired) electrons. The van der Waals surface area contributed by atoms with Gasteiger partial charge in [0, 0.05) is 5.56 Å². The molecular formula is C15H24N2O2. The number of aryl methyl sites for hydroxylation is 1. The summed E-state index contributed by atoms with van der Waals surface area (Å²) in [6.45, 7) is 9.79. The van der Waals surface area contributed by atoms with E-state index in [4.69, 9.17) is 20.6 Å². The molecule has 0 amide bonds. The zero-order valence-electron chi connectivity index (χ0n) is 12.2. The fraction of sp³-hybridized carbons (Fsp3) is 0.533. The SMILES string of the molecule is Cc1cc(C(=N)N)ccc1COCCOC(C)(C)C. The minimum Gasteiger partial charge on any atom is -0.384 e. The Balaban J connectivity index is 2.40. The van der Waals surface area contributed by atoms with Crippen LogP contribution in [-0.4, -0.2) is 24.7 Å². The Hall–Kier alpha value is -1.39. The number of benzene rings is 1. The summed E-state index contributed by atoms with van der Waals surface area (Å²) in [7, 11) is 0. The maximum Gasteiger partial charge on any atom is 0.122 e. The first kappa shape index (κ1) is 15.7. The molecule has 1 aromatic carbocycles. The standard InChI is InChI=1S/C15H24N2O2/c1-11-9-12(14(16)17)5-6-13(11)10-18-7-8-19-15(2,3)4/h5-6,9H,7-8,10H2,1-4H3,(H3,16,17). The summed E-state index contributed by atoms with van der Waals surface area (Å²) in [5.74, 6) is 0.0918. The van der Waals surface area contributed by atoms with Crippen LogP contribution in [0.5, 0.6) is 0 Å². The second-order valence-electron chi connectivity index (χ2n) is 5.57. The van der Waals surface area contributed by atoms with E-state index in [1.165, 1.54) is 0 Å². The Labute approximate surface area is 115 Å². The van der Waals surface area contributed by atoms with Crippen LogP contribution in [-0.2, 0) is 16.1 Å². The van der Waals surface area contributed by atoms with E-state index in [1.807, 2.05) is 45.9 Å². The molecule has 0 aliphatic heterocycles. The summed E-state index contributed by atoms with van der Waals surface area (Å²) >= 11 is 0. The summed E-state index contributed by atoms with van der Waals surface area (Å²) < 4.78 is 11.2. The Morgan fingerprint density at radius 3 is 2.47 bits per heavy atom. The topological polar surface area (TPSA) is 68.3 Å². The van der Waals surface area contributed by atoms with Crippen molar-refractivity contribution < 1.29 is 9.47 Å². The van der Waals surface area contributed by atoms with Crippen molar-refractivity contribution >= 4 is 5.84 Å². The van der Waals surface area contributed by atoms with E-state index in [-0.39, 0.29) is 11.4 Å². The summed E-state index contributed by atoms with van der Waals surface area (Å²) in [5, 5.41) is 7.38. The minimum atomic E-state index is -0.123. The highest BCUT2D eigenvalue weighted by atomic mass is 16.5. The largest absolute Gasteiger partial charge is 0.384 e. The van der Waals surface area contributed by atoms with Crippen molar-refractivity contribution in [3.8, 4) is 0 Å². The van der Waals surface area contributed by atoms with E-state index in [1.54, 1.807) is 0 Å². The zero-order valence-corrected chi connectivity index (χ0v) is 12.2. The van der Waals surface area contributed by atoms with E-state index in [0.717, 1.165) is 16.7 Å². The van der Waals surface area contributed by atoms with E-state index >= 15 is 0 Å². The molecule has 0 saturated heterocycles. The molecule has 3 N–H and O–H groups in total. The highest BCUT2D eigenvalue weighted by molar-refractivity contribution is 5.95. The second-order valence-corrected chi connectivity index (χ2v) is 5.57. The van der Waals surface area contributed by atoms with Crippen molar-refractivity contribution in [3.63, 3.8) is 0 Å². The van der Waals surface area contributed by atoms with Crippen LogP contribution in [0.1, 0.15) is 37.5 Å². The van der Waals surface area contributed by atoms with Crippen molar-refractivity contribution in [2.75, 3.05) is 13.2 Å². The van der Waals surface area contributed by atoms with Gasteiger partial charge in [0.25, 0.3) is 0 Å². The molecule has 4 heteroatoms. The molecule has 0 heterocycles. The third kappa shape index (κ3) is 5.85. The zero-order chi connectivity index (χ0) is 14.5. The summed E-state index contributed by atoms with van der Waals surface area (Å²) in [6, 6.07) is 5.71. The molecule has 0 aromatic heterocycles. The van der Waals surface area contributed by atoms with Crippen LogP contribution in [0.15, 0.2) is 18.2 Å². The summed E-state index contributed by atoms with van der Waals surface area (Å²) in [5.41, 5.74) is 8.27. The van der Waals surface area contributed by atoms with E-state index in [2.05, 4.69) is 0 Å². The van der Waals surface area contributed by atoms with Gasteiger partial charge in [0.05, 0.1) is 25.4 Å². The van der Waals surface area contributed by atoms with Crippen LogP contribution in [0, 0.1) is 12.3 Å². The third-order valence-electron chi connectivity index (χ3n) is 2.67. The molecule has 0 aliphatic carbocycles. The van der Waals surface area contributed by atoms with Gasteiger partial charge in [0.1, 0.15) is 5.84 Å². The lowest BCUT2D eigenvalue weighted by molar-refractivity contribution is -0.0377. The molecular weight excluding hydrogens is 240 g/mol. The number of nitrogen functional groups attached to an aromatic ring is 1. The number of rotatable bonds is 6. The average molecular weight is 264 g/mol. The Bertz CT molecular complexity index is 436. The molecule has 1 aromatic rings. The smallest absolute Gasteiger partial charge is 0.122 e. The quantitative estimate of drug-likeness (QED) is 0.471. The fourth-order valence-electron chi connectivity index (χ4n) is 1.61. The Morgan fingerprint density at radius 1 is 1.26 bits per heavy atom. The number of amidine groups is 1. The summed E-state index contributed by atoms with van der Waals surface area (Å²) in [6.07, 6.45) is 0. The van der Waals surface area contributed by atoms with Gasteiger partial charge >= 0.3 is 0 Å². The van der Waals surface area contributed by atoms with Crippen LogP contribution >= 0.6 is 0 Å². The van der Waals surface area contributed by atoms with Gasteiger partial charge in [-0.25, -0.2) is 0 Å². The van der Waals surface area contributed by atoms with Crippen molar-refractivity contribution in [1.82, 2.24) is 0 Å². The first-order valence-electron chi connectivity index (χ1n) is 6.45. The third-order valence-corrected chi connectivity index (χ3v) is 2.67. The molecule has 0 unspecified atom stereocenters. The Kier molecular flexibility index (Phi) is 5.51. The van der Waals surface area contributed by atoms with E-state index in [0.29, 0.717) is 19.8 Å². The molecule has 0 atom stereocenters. The van der Waals surface area contributed by atoms with Gasteiger partial charge in [-0.05, 0) is 44.9 Å².